The van der Waals surface area contributed by atoms with E-state index in [1.165, 1.54) is 12.8 Å². The number of Topliss-reactive ketones (excluding diaryl/α,β-unsaturated/α-hetero) is 1. The molecule has 1 aliphatic carbocycles. The average Bonchev–Trinajstić information content (AvgIpc) is 3.68. The van der Waals surface area contributed by atoms with E-state index in [2.05, 4.69) is 16.0 Å². The number of nitrogens with zero attached hydrogens (tertiary/aromatic N) is 4. The van der Waals surface area contributed by atoms with Crippen molar-refractivity contribution in [3.8, 4) is 6.07 Å². The van der Waals surface area contributed by atoms with Crippen LogP contribution in [0.25, 0.3) is 10.9 Å². The van der Waals surface area contributed by atoms with Gasteiger partial charge in [-0.05, 0) is 75.4 Å². The molecule has 2 aliphatic heterocycles. The van der Waals surface area contributed by atoms with Gasteiger partial charge in [0, 0.05) is 48.7 Å². The molecule has 1 saturated carbocycles. The van der Waals surface area contributed by atoms with E-state index in [0.29, 0.717) is 34.7 Å². The summed E-state index contributed by atoms with van der Waals surface area (Å²) in [4.78, 5) is 21.6. The molecule has 5 nitrogen and oxygen atoms in total. The summed E-state index contributed by atoms with van der Waals surface area (Å²) < 4.78 is 41.6. The van der Waals surface area contributed by atoms with E-state index in [-0.39, 0.29) is 37.0 Å². The summed E-state index contributed by atoms with van der Waals surface area (Å²) in [6.07, 6.45) is 1.57. The molecule has 0 spiro atoms. The van der Waals surface area contributed by atoms with Crippen molar-refractivity contribution < 1.29 is 18.0 Å². The molecule has 34 heavy (non-hydrogen) atoms. The van der Waals surface area contributed by atoms with Gasteiger partial charge in [0.1, 0.15) is 11.9 Å². The van der Waals surface area contributed by atoms with Crippen molar-refractivity contribution in [1.29, 1.82) is 5.26 Å². The molecule has 1 aromatic heterocycles. The van der Waals surface area contributed by atoms with Crippen molar-refractivity contribution in [2.24, 2.45) is 17.8 Å². The lowest BCUT2D eigenvalue weighted by Crippen LogP contribution is -2.47. The predicted octanol–water partition coefficient (Wildman–Crippen LogP) is 4.94. The number of fused-ring (bicyclic) bond motifs is 1. The van der Waals surface area contributed by atoms with Crippen LogP contribution in [0.15, 0.2) is 30.5 Å². The Balaban J connectivity index is 1.35. The van der Waals surface area contributed by atoms with Crippen LogP contribution < -0.4 is 4.90 Å². The maximum Gasteiger partial charge on any atom is 0.393 e. The number of benzene rings is 1. The first-order chi connectivity index (χ1) is 16.3. The fourth-order valence-corrected chi connectivity index (χ4v) is 5.79. The molecule has 0 N–H and O–H groups in total. The number of likely N-dealkylation sites (tertiary alicyclic amines) is 1. The smallest absolute Gasteiger partial charge is 0.370 e. The number of rotatable bonds is 5. The second-order valence-electron chi connectivity index (χ2n) is 10.1. The molecule has 3 heterocycles. The molecule has 180 valence electrons. The van der Waals surface area contributed by atoms with Gasteiger partial charge in [0.2, 0.25) is 0 Å². The zero-order chi connectivity index (χ0) is 23.9. The summed E-state index contributed by atoms with van der Waals surface area (Å²) in [6, 6.07) is 9.66. The SMILES string of the molecule is N#Cc1ccc(N2C[C@H](CC(=O)C3CCN(C4CC4)CC3)C[C@H](C(F)(F)F)C2)c2cccnc12. The van der Waals surface area contributed by atoms with Gasteiger partial charge < -0.3 is 9.80 Å². The van der Waals surface area contributed by atoms with Gasteiger partial charge in [-0.25, -0.2) is 0 Å². The quantitative estimate of drug-likeness (QED) is 0.619. The topological polar surface area (TPSA) is 60.2 Å². The molecule has 1 aromatic carbocycles. The van der Waals surface area contributed by atoms with Crippen LogP contribution in [0.2, 0.25) is 0 Å². The number of aromatic nitrogens is 1. The molecule has 0 amide bonds. The van der Waals surface area contributed by atoms with Crippen LogP contribution in [0.5, 0.6) is 0 Å². The van der Waals surface area contributed by atoms with E-state index in [4.69, 9.17) is 0 Å². The molecular weight excluding hydrogens is 441 g/mol. The first-order valence-corrected chi connectivity index (χ1v) is 12.2. The normalized spacial score (nSPS) is 24.8. The lowest BCUT2D eigenvalue weighted by Gasteiger charge is -2.40. The fraction of sp³-hybridized carbons (Fsp3) is 0.577. The number of ketones is 1. The third-order valence-electron chi connectivity index (χ3n) is 7.75. The number of carbonyl (C=O) groups is 1. The van der Waals surface area contributed by atoms with Gasteiger partial charge >= 0.3 is 6.18 Å². The zero-order valence-electron chi connectivity index (χ0n) is 19.1. The van der Waals surface area contributed by atoms with Gasteiger partial charge in [-0.15, -0.1) is 0 Å². The number of carbonyl (C=O) groups excluding carboxylic acids is 1. The minimum Gasteiger partial charge on any atom is -0.370 e. The highest BCUT2D eigenvalue weighted by Crippen LogP contribution is 2.40. The van der Waals surface area contributed by atoms with E-state index in [9.17, 15) is 23.2 Å². The number of alkyl halides is 3. The molecule has 0 bridgehead atoms. The van der Waals surface area contributed by atoms with E-state index in [0.717, 1.165) is 25.9 Å². The number of pyridine rings is 1. The van der Waals surface area contributed by atoms with Crippen LogP contribution in [-0.4, -0.2) is 54.1 Å². The zero-order valence-corrected chi connectivity index (χ0v) is 19.1. The number of hydrogen-bond acceptors (Lipinski definition) is 5. The van der Waals surface area contributed by atoms with Crippen LogP contribution in [0, 0.1) is 29.1 Å². The Bertz CT molecular complexity index is 1100. The van der Waals surface area contributed by atoms with Gasteiger partial charge in [-0.3, -0.25) is 9.78 Å². The third-order valence-corrected chi connectivity index (χ3v) is 7.75. The van der Waals surface area contributed by atoms with Crippen molar-refractivity contribution in [1.82, 2.24) is 9.88 Å². The van der Waals surface area contributed by atoms with Crippen LogP contribution in [-0.2, 0) is 4.79 Å². The second kappa shape index (κ2) is 9.18. The Morgan fingerprint density at radius 1 is 1.12 bits per heavy atom. The van der Waals surface area contributed by atoms with Gasteiger partial charge in [-0.1, -0.05) is 0 Å². The standard InChI is InChI=1S/C26H29F3N4O/c27-26(28,29)20-12-17(13-24(34)18-7-10-32(11-8-18)21-4-5-21)15-33(16-20)23-6-3-19(14-30)25-22(23)2-1-9-31-25/h1-3,6,9,17-18,20-21H,4-5,7-8,10-13,15-16H2/t17-,20-/m0/s1. The van der Waals surface area contributed by atoms with Crippen molar-refractivity contribution in [3.63, 3.8) is 0 Å². The molecule has 0 radical (unpaired) electrons. The minimum atomic E-state index is -4.32. The summed E-state index contributed by atoms with van der Waals surface area (Å²) in [5, 5.41) is 10.1. The maximum absolute atomic E-state index is 13.9. The van der Waals surface area contributed by atoms with E-state index in [1.54, 1.807) is 35.4 Å². The van der Waals surface area contributed by atoms with Crippen LogP contribution >= 0.6 is 0 Å². The second-order valence-corrected chi connectivity index (χ2v) is 10.1. The Hall–Kier alpha value is -2.66. The van der Waals surface area contributed by atoms with Gasteiger partial charge in [0.05, 0.1) is 17.0 Å². The van der Waals surface area contributed by atoms with Crippen molar-refractivity contribution >= 4 is 22.4 Å². The average molecular weight is 471 g/mol. The van der Waals surface area contributed by atoms with Gasteiger partial charge in [0.15, 0.2) is 0 Å². The van der Waals surface area contributed by atoms with Crippen molar-refractivity contribution in [2.75, 3.05) is 31.1 Å². The summed E-state index contributed by atoms with van der Waals surface area (Å²) in [7, 11) is 0. The third kappa shape index (κ3) is 4.76. The molecule has 2 atom stereocenters. The summed E-state index contributed by atoms with van der Waals surface area (Å²) >= 11 is 0. The molecule has 0 unspecified atom stereocenters. The van der Waals surface area contributed by atoms with Crippen LogP contribution in [0.1, 0.15) is 44.1 Å². The largest absolute Gasteiger partial charge is 0.393 e. The molecular formula is C26H29F3N4O. The summed E-state index contributed by atoms with van der Waals surface area (Å²) in [5.74, 6) is -1.75. The predicted molar refractivity (Wildman–Crippen MR) is 123 cm³/mol. The Kier molecular flexibility index (Phi) is 6.24. The van der Waals surface area contributed by atoms with Gasteiger partial charge in [0.25, 0.3) is 0 Å². The number of halogens is 3. The van der Waals surface area contributed by atoms with Crippen molar-refractivity contribution in [2.45, 2.75) is 50.7 Å². The number of piperidine rings is 2. The first-order valence-electron chi connectivity index (χ1n) is 12.2. The van der Waals surface area contributed by atoms with Crippen LogP contribution in [0.3, 0.4) is 0 Å². The molecule has 8 heteroatoms. The van der Waals surface area contributed by atoms with Gasteiger partial charge in [-0.2, -0.15) is 18.4 Å². The van der Waals surface area contributed by atoms with Crippen LogP contribution in [0.4, 0.5) is 18.9 Å². The highest BCUT2D eigenvalue weighted by Gasteiger charge is 2.45. The van der Waals surface area contributed by atoms with E-state index >= 15 is 0 Å². The Morgan fingerprint density at radius 3 is 2.56 bits per heavy atom. The number of anilines is 1. The maximum atomic E-state index is 13.9. The molecule has 3 aliphatic rings. The summed E-state index contributed by atoms with van der Waals surface area (Å²) in [6.45, 7) is 2.10. The molecule has 3 fully saturated rings. The lowest BCUT2D eigenvalue weighted by atomic mass is 9.81. The highest BCUT2D eigenvalue weighted by molar-refractivity contribution is 5.95. The summed E-state index contributed by atoms with van der Waals surface area (Å²) in [5.41, 5.74) is 1.53. The Morgan fingerprint density at radius 2 is 1.88 bits per heavy atom. The molecule has 2 aromatic rings. The minimum absolute atomic E-state index is 0.0148. The van der Waals surface area contributed by atoms with Crippen molar-refractivity contribution in [3.05, 3.63) is 36.0 Å². The molecule has 2 saturated heterocycles. The fourth-order valence-electron chi connectivity index (χ4n) is 5.79. The lowest BCUT2D eigenvalue weighted by molar-refractivity contribution is -0.180. The monoisotopic (exact) mass is 470 g/mol. The van der Waals surface area contributed by atoms with E-state index < -0.39 is 12.1 Å². The number of hydrogen-bond donors (Lipinski definition) is 0. The highest BCUT2D eigenvalue weighted by atomic mass is 19.4. The first kappa shape index (κ1) is 23.1. The Labute approximate surface area is 197 Å². The number of nitriles is 1. The molecule has 5 rings (SSSR count). The van der Waals surface area contributed by atoms with E-state index in [1.807, 2.05) is 0 Å².